The minimum Gasteiger partial charge on any atom is -0.481 e. The Morgan fingerprint density at radius 1 is 1.33 bits per heavy atom. The lowest BCUT2D eigenvalue weighted by molar-refractivity contribution is -0.137. The maximum absolute atomic E-state index is 11.3. The second-order valence-corrected chi connectivity index (χ2v) is 4.68. The SMILES string of the molecule is CC(CC(=O)O)NCC(=O)NC(C)(C)C. The van der Waals surface area contributed by atoms with Gasteiger partial charge in [-0.15, -0.1) is 0 Å². The molecule has 0 aromatic rings. The standard InChI is InChI=1S/C10H20N2O3/c1-7(5-9(14)15)11-6-8(13)12-10(2,3)4/h7,11H,5-6H2,1-4H3,(H,12,13)(H,14,15). The van der Waals surface area contributed by atoms with Crippen LogP contribution in [0.3, 0.4) is 0 Å². The molecule has 0 saturated heterocycles. The molecule has 0 aliphatic heterocycles. The van der Waals surface area contributed by atoms with Crippen molar-refractivity contribution in [2.24, 2.45) is 0 Å². The normalized spacial score (nSPS) is 13.3. The van der Waals surface area contributed by atoms with E-state index in [9.17, 15) is 9.59 Å². The van der Waals surface area contributed by atoms with Crippen LogP contribution >= 0.6 is 0 Å². The lowest BCUT2D eigenvalue weighted by Crippen LogP contribution is -2.46. The number of carbonyl (C=O) groups excluding carboxylic acids is 1. The summed E-state index contributed by atoms with van der Waals surface area (Å²) in [6, 6.07) is -0.201. The number of rotatable bonds is 5. The molecule has 0 fully saturated rings. The lowest BCUT2D eigenvalue weighted by atomic mass is 10.1. The molecule has 0 aliphatic rings. The molecule has 0 spiro atoms. The molecule has 0 saturated carbocycles. The maximum Gasteiger partial charge on any atom is 0.304 e. The number of amides is 1. The van der Waals surface area contributed by atoms with Crippen LogP contribution in [0.2, 0.25) is 0 Å². The summed E-state index contributed by atoms with van der Waals surface area (Å²) in [6.45, 7) is 7.56. The van der Waals surface area contributed by atoms with Crippen LogP contribution in [-0.4, -0.2) is 35.1 Å². The van der Waals surface area contributed by atoms with Crippen LogP contribution in [0.25, 0.3) is 0 Å². The molecule has 0 bridgehead atoms. The molecule has 5 nitrogen and oxygen atoms in total. The van der Waals surface area contributed by atoms with Gasteiger partial charge in [0.25, 0.3) is 0 Å². The molecule has 1 amide bonds. The van der Waals surface area contributed by atoms with Crippen molar-refractivity contribution in [1.82, 2.24) is 10.6 Å². The average molecular weight is 216 g/mol. The van der Waals surface area contributed by atoms with Crippen molar-refractivity contribution < 1.29 is 14.7 Å². The topological polar surface area (TPSA) is 78.4 Å². The van der Waals surface area contributed by atoms with Gasteiger partial charge in [-0.05, 0) is 27.7 Å². The van der Waals surface area contributed by atoms with Gasteiger partial charge in [0.2, 0.25) is 5.91 Å². The molecule has 0 heterocycles. The zero-order valence-electron chi connectivity index (χ0n) is 9.76. The van der Waals surface area contributed by atoms with Gasteiger partial charge in [-0.25, -0.2) is 0 Å². The lowest BCUT2D eigenvalue weighted by Gasteiger charge is -2.21. The zero-order chi connectivity index (χ0) is 12.1. The van der Waals surface area contributed by atoms with Crippen molar-refractivity contribution in [1.29, 1.82) is 0 Å². The van der Waals surface area contributed by atoms with Crippen molar-refractivity contribution in [3.63, 3.8) is 0 Å². The largest absolute Gasteiger partial charge is 0.481 e. The van der Waals surface area contributed by atoms with Crippen molar-refractivity contribution in [3.05, 3.63) is 0 Å². The third-order valence-corrected chi connectivity index (χ3v) is 1.61. The highest BCUT2D eigenvalue weighted by Gasteiger charge is 2.14. The second-order valence-electron chi connectivity index (χ2n) is 4.68. The molecule has 0 aromatic carbocycles. The van der Waals surface area contributed by atoms with Crippen molar-refractivity contribution in [2.45, 2.75) is 45.7 Å². The van der Waals surface area contributed by atoms with Gasteiger partial charge in [-0.2, -0.15) is 0 Å². The van der Waals surface area contributed by atoms with Gasteiger partial charge in [0.15, 0.2) is 0 Å². The minimum absolute atomic E-state index is 0.0167. The van der Waals surface area contributed by atoms with Gasteiger partial charge in [0, 0.05) is 11.6 Å². The smallest absolute Gasteiger partial charge is 0.304 e. The van der Waals surface area contributed by atoms with E-state index in [0.29, 0.717) is 0 Å². The fourth-order valence-corrected chi connectivity index (χ4v) is 1.06. The van der Waals surface area contributed by atoms with Crippen LogP contribution in [0.5, 0.6) is 0 Å². The number of carbonyl (C=O) groups is 2. The third kappa shape index (κ3) is 9.21. The number of hydrogen-bond donors (Lipinski definition) is 3. The maximum atomic E-state index is 11.3. The number of aliphatic carboxylic acids is 1. The third-order valence-electron chi connectivity index (χ3n) is 1.61. The quantitative estimate of drug-likeness (QED) is 0.620. The van der Waals surface area contributed by atoms with E-state index in [1.807, 2.05) is 20.8 Å². The van der Waals surface area contributed by atoms with E-state index in [-0.39, 0.29) is 30.5 Å². The van der Waals surface area contributed by atoms with Gasteiger partial charge in [-0.1, -0.05) is 0 Å². The summed E-state index contributed by atoms with van der Waals surface area (Å²) < 4.78 is 0. The van der Waals surface area contributed by atoms with E-state index in [0.717, 1.165) is 0 Å². The Kier molecular flexibility index (Phi) is 5.28. The fourth-order valence-electron chi connectivity index (χ4n) is 1.06. The molecule has 0 rings (SSSR count). The van der Waals surface area contributed by atoms with E-state index >= 15 is 0 Å². The number of hydrogen-bond acceptors (Lipinski definition) is 3. The Bertz CT molecular complexity index is 233. The molecule has 3 N–H and O–H groups in total. The number of carboxylic acid groups (broad SMARTS) is 1. The highest BCUT2D eigenvalue weighted by molar-refractivity contribution is 5.78. The van der Waals surface area contributed by atoms with Gasteiger partial charge in [0.05, 0.1) is 13.0 Å². The summed E-state index contributed by atoms with van der Waals surface area (Å²) in [5.41, 5.74) is -0.255. The van der Waals surface area contributed by atoms with Crippen LogP contribution in [0, 0.1) is 0 Å². The monoisotopic (exact) mass is 216 g/mol. The summed E-state index contributed by atoms with van der Waals surface area (Å²) >= 11 is 0. The van der Waals surface area contributed by atoms with E-state index in [1.54, 1.807) is 6.92 Å². The molecular weight excluding hydrogens is 196 g/mol. The Balaban J connectivity index is 3.76. The summed E-state index contributed by atoms with van der Waals surface area (Å²) in [5, 5.41) is 14.1. The van der Waals surface area contributed by atoms with Gasteiger partial charge < -0.3 is 15.7 Å². The first-order valence-electron chi connectivity index (χ1n) is 4.97. The summed E-state index contributed by atoms with van der Waals surface area (Å²) in [4.78, 5) is 21.7. The molecule has 5 heteroatoms. The van der Waals surface area contributed by atoms with Crippen molar-refractivity contribution in [3.8, 4) is 0 Å². The number of carboxylic acids is 1. The Labute approximate surface area is 90.2 Å². The first-order valence-corrected chi connectivity index (χ1v) is 4.97. The average Bonchev–Trinajstić information content (AvgIpc) is 1.96. The summed E-state index contributed by atoms with van der Waals surface area (Å²) in [5.74, 6) is -0.994. The molecule has 0 radical (unpaired) electrons. The molecule has 0 aromatic heterocycles. The second kappa shape index (κ2) is 5.70. The van der Waals surface area contributed by atoms with Crippen LogP contribution in [0.15, 0.2) is 0 Å². The fraction of sp³-hybridized carbons (Fsp3) is 0.800. The summed E-state index contributed by atoms with van der Waals surface area (Å²) in [6.07, 6.45) is 0.0167. The molecule has 15 heavy (non-hydrogen) atoms. The van der Waals surface area contributed by atoms with E-state index < -0.39 is 5.97 Å². The Morgan fingerprint density at radius 3 is 2.27 bits per heavy atom. The Hall–Kier alpha value is -1.10. The van der Waals surface area contributed by atoms with Crippen molar-refractivity contribution in [2.75, 3.05) is 6.54 Å². The van der Waals surface area contributed by atoms with E-state index in [2.05, 4.69) is 10.6 Å². The predicted molar refractivity (Wildman–Crippen MR) is 57.6 cm³/mol. The van der Waals surface area contributed by atoms with E-state index in [4.69, 9.17) is 5.11 Å². The minimum atomic E-state index is -0.869. The van der Waals surface area contributed by atoms with Crippen LogP contribution < -0.4 is 10.6 Å². The van der Waals surface area contributed by atoms with Crippen LogP contribution in [0.1, 0.15) is 34.1 Å². The predicted octanol–water partition coefficient (Wildman–Crippen LogP) is 0.354. The zero-order valence-corrected chi connectivity index (χ0v) is 9.76. The van der Waals surface area contributed by atoms with Gasteiger partial charge in [-0.3, -0.25) is 9.59 Å². The molecule has 1 unspecified atom stereocenters. The molecule has 1 atom stereocenters. The van der Waals surface area contributed by atoms with Gasteiger partial charge >= 0.3 is 5.97 Å². The van der Waals surface area contributed by atoms with Gasteiger partial charge in [0.1, 0.15) is 0 Å². The first-order chi connectivity index (χ1) is 6.70. The summed E-state index contributed by atoms with van der Waals surface area (Å²) in [7, 11) is 0. The van der Waals surface area contributed by atoms with Crippen molar-refractivity contribution >= 4 is 11.9 Å². The highest BCUT2D eigenvalue weighted by Crippen LogP contribution is 1.97. The van der Waals surface area contributed by atoms with Crippen LogP contribution in [-0.2, 0) is 9.59 Å². The molecular formula is C10H20N2O3. The molecule has 0 aliphatic carbocycles. The van der Waals surface area contributed by atoms with Crippen LogP contribution in [0.4, 0.5) is 0 Å². The number of nitrogens with one attached hydrogen (secondary N) is 2. The first kappa shape index (κ1) is 13.9. The van der Waals surface area contributed by atoms with E-state index in [1.165, 1.54) is 0 Å². The highest BCUT2D eigenvalue weighted by atomic mass is 16.4. The molecule has 88 valence electrons. The Morgan fingerprint density at radius 2 is 1.87 bits per heavy atom.